The zero-order chi connectivity index (χ0) is 24.5. The Morgan fingerprint density at radius 3 is 1.74 bits per heavy atom. The van der Waals surface area contributed by atoms with Crippen molar-refractivity contribution < 1.29 is 0 Å². The Kier molecular flexibility index (Phi) is 6.35. The van der Waals surface area contributed by atoms with Gasteiger partial charge in [-0.1, -0.05) is 0 Å². The van der Waals surface area contributed by atoms with Crippen LogP contribution in [0.4, 0.5) is 0 Å². The van der Waals surface area contributed by atoms with E-state index in [1.165, 1.54) is 15.9 Å². The van der Waals surface area contributed by atoms with E-state index in [1.54, 1.807) is 4.57 Å². The van der Waals surface area contributed by atoms with Crippen molar-refractivity contribution in [3.8, 4) is 0 Å². The van der Waals surface area contributed by atoms with Gasteiger partial charge in [0.15, 0.2) is 0 Å². The van der Waals surface area contributed by atoms with Gasteiger partial charge >= 0.3 is 219 Å². The molecule has 6 heteroatoms. The van der Waals surface area contributed by atoms with Crippen molar-refractivity contribution >= 4 is 59.8 Å². The summed E-state index contributed by atoms with van der Waals surface area (Å²) in [5, 5.41) is 1.52. The number of nitrogens with one attached hydrogen (secondary N) is 1. The van der Waals surface area contributed by atoms with Crippen molar-refractivity contribution in [2.45, 2.75) is 19.6 Å². The van der Waals surface area contributed by atoms with E-state index < -0.39 is 5.31 Å². The van der Waals surface area contributed by atoms with Crippen molar-refractivity contribution in [3.63, 3.8) is 0 Å². The molecule has 1 aromatic heterocycles. The molecule has 1 heterocycles. The molecule has 4 aromatic carbocycles. The number of rotatable bonds is 6. The van der Waals surface area contributed by atoms with E-state index in [-0.39, 0.29) is 5.69 Å². The molecule has 0 aliphatic carbocycles. The Morgan fingerprint density at radius 1 is 0.800 bits per heavy atom. The van der Waals surface area contributed by atoms with Crippen molar-refractivity contribution in [2.24, 2.45) is 0 Å². The standard InChI is InChI=1S/C29H26BrN2OPS/c1-2-32-28(35)26-19-18-22(20-27(26)31-29(32)33)21-34(30,23-12-6-3-7-13-23,24-14-8-4-9-15-24)25-16-10-5-11-17-25/h3-20H,2,21H2,1H3,(H,31,33). The molecule has 176 valence electrons. The van der Waals surface area contributed by atoms with Crippen LogP contribution in [0.25, 0.3) is 10.9 Å². The molecule has 0 atom stereocenters. The molecule has 5 rings (SSSR count). The first-order valence-corrected chi connectivity index (χ1v) is 16.5. The van der Waals surface area contributed by atoms with Gasteiger partial charge in [-0.2, -0.15) is 0 Å². The summed E-state index contributed by atoms with van der Waals surface area (Å²) in [6.45, 7) is 2.47. The summed E-state index contributed by atoms with van der Waals surface area (Å²) in [5.74, 6) is 0. The van der Waals surface area contributed by atoms with Gasteiger partial charge in [0.2, 0.25) is 0 Å². The minimum absolute atomic E-state index is 0.173. The van der Waals surface area contributed by atoms with Gasteiger partial charge in [-0.05, 0) is 0 Å². The number of fused-ring (bicyclic) bond motifs is 1. The van der Waals surface area contributed by atoms with Crippen LogP contribution in [-0.4, -0.2) is 9.55 Å². The first-order valence-electron chi connectivity index (χ1n) is 11.6. The van der Waals surface area contributed by atoms with Crippen LogP contribution in [0.15, 0.2) is 114 Å². The summed E-state index contributed by atoms with van der Waals surface area (Å²) in [7, 11) is 0. The molecule has 0 saturated carbocycles. The van der Waals surface area contributed by atoms with E-state index in [0.717, 1.165) is 22.6 Å². The van der Waals surface area contributed by atoms with Crippen LogP contribution in [0.1, 0.15) is 12.5 Å². The zero-order valence-corrected chi connectivity index (χ0v) is 22.7. The van der Waals surface area contributed by atoms with E-state index in [4.69, 9.17) is 12.2 Å². The fourth-order valence-electron chi connectivity index (χ4n) is 4.97. The second-order valence-corrected chi connectivity index (χ2v) is 18.0. The van der Waals surface area contributed by atoms with E-state index in [9.17, 15) is 4.79 Å². The maximum absolute atomic E-state index is 12.6. The molecule has 0 saturated heterocycles. The second-order valence-electron chi connectivity index (χ2n) is 8.71. The third-order valence-electron chi connectivity index (χ3n) is 6.73. The van der Waals surface area contributed by atoms with Gasteiger partial charge in [0, 0.05) is 0 Å². The van der Waals surface area contributed by atoms with E-state index >= 15 is 0 Å². The minimum atomic E-state index is -3.13. The van der Waals surface area contributed by atoms with Crippen LogP contribution >= 0.6 is 33.0 Å². The SMILES string of the molecule is CCn1c(=O)[nH]c2cc(CP(Br)(c3ccccc3)(c3ccccc3)c3ccccc3)ccc2c1=S. The fourth-order valence-corrected chi connectivity index (χ4v) is 13.1. The first-order chi connectivity index (χ1) is 16.9. The Balaban J connectivity index is 1.82. The Morgan fingerprint density at radius 2 is 1.29 bits per heavy atom. The molecule has 5 aromatic rings. The molecule has 0 bridgehead atoms. The molecule has 35 heavy (non-hydrogen) atoms. The number of H-pyrrole nitrogens is 1. The maximum atomic E-state index is 12.6. The monoisotopic (exact) mass is 560 g/mol. The Labute approximate surface area is 218 Å². The van der Waals surface area contributed by atoms with Crippen molar-refractivity contribution in [1.82, 2.24) is 9.55 Å². The molecule has 1 N–H and O–H groups in total. The predicted molar refractivity (Wildman–Crippen MR) is 157 cm³/mol. The molecule has 0 aliphatic rings. The fraction of sp³-hybridized carbons (Fsp3) is 0.103. The van der Waals surface area contributed by atoms with Crippen molar-refractivity contribution in [1.29, 1.82) is 0 Å². The third kappa shape index (κ3) is 3.92. The number of nitrogens with zero attached hydrogens (tertiary/aromatic N) is 1. The van der Waals surface area contributed by atoms with Gasteiger partial charge < -0.3 is 0 Å². The summed E-state index contributed by atoms with van der Waals surface area (Å²) < 4.78 is 2.17. The molecule has 0 fully saturated rings. The summed E-state index contributed by atoms with van der Waals surface area (Å²) in [6.07, 6.45) is 0.747. The van der Waals surface area contributed by atoms with Crippen molar-refractivity contribution in [3.05, 3.63) is 130 Å². The number of hydrogen-bond donors (Lipinski definition) is 1. The van der Waals surface area contributed by atoms with Gasteiger partial charge in [0.05, 0.1) is 0 Å². The van der Waals surface area contributed by atoms with Gasteiger partial charge in [-0.15, -0.1) is 0 Å². The number of aromatic amines is 1. The molecule has 3 nitrogen and oxygen atoms in total. The van der Waals surface area contributed by atoms with Crippen LogP contribution in [0.5, 0.6) is 0 Å². The summed E-state index contributed by atoms with van der Waals surface area (Å²) in [5.41, 5.74) is 1.73. The van der Waals surface area contributed by atoms with Crippen LogP contribution in [0.3, 0.4) is 0 Å². The summed E-state index contributed by atoms with van der Waals surface area (Å²) in [6, 6.07) is 38.4. The molecule has 0 aliphatic heterocycles. The van der Waals surface area contributed by atoms with E-state index in [0.29, 0.717) is 11.2 Å². The van der Waals surface area contributed by atoms with Crippen LogP contribution in [0, 0.1) is 4.64 Å². The van der Waals surface area contributed by atoms with Crippen molar-refractivity contribution in [2.75, 3.05) is 0 Å². The number of benzene rings is 4. The second kappa shape index (κ2) is 9.31. The average molecular weight is 561 g/mol. The van der Waals surface area contributed by atoms with Crippen LogP contribution < -0.4 is 21.6 Å². The van der Waals surface area contributed by atoms with E-state index in [1.807, 2.05) is 13.0 Å². The van der Waals surface area contributed by atoms with Gasteiger partial charge in [0.1, 0.15) is 0 Å². The molecule has 0 unspecified atom stereocenters. The first kappa shape index (κ1) is 23.9. The van der Waals surface area contributed by atoms with Gasteiger partial charge in [-0.25, -0.2) is 0 Å². The Hall–Kier alpha value is -2.85. The average Bonchev–Trinajstić information content (AvgIpc) is 2.90. The van der Waals surface area contributed by atoms with Crippen LogP contribution in [-0.2, 0) is 12.7 Å². The molecular weight excluding hydrogens is 535 g/mol. The van der Waals surface area contributed by atoms with E-state index in [2.05, 4.69) is 124 Å². The third-order valence-corrected chi connectivity index (χ3v) is 16.7. The van der Waals surface area contributed by atoms with Gasteiger partial charge in [0.25, 0.3) is 0 Å². The van der Waals surface area contributed by atoms with Gasteiger partial charge in [-0.3, -0.25) is 0 Å². The number of aromatic nitrogens is 2. The number of hydrogen-bond acceptors (Lipinski definition) is 2. The van der Waals surface area contributed by atoms with Crippen LogP contribution in [0.2, 0.25) is 0 Å². The molecule has 0 radical (unpaired) electrons. The normalized spacial score (nSPS) is 12.8. The topological polar surface area (TPSA) is 37.8 Å². The molecular formula is C29H26BrN2OPS. The Bertz CT molecular complexity index is 1520. The number of halogens is 1. The quantitative estimate of drug-likeness (QED) is 0.192. The zero-order valence-electron chi connectivity index (χ0n) is 19.4. The summed E-state index contributed by atoms with van der Waals surface area (Å²) >= 11 is 10.1. The molecule has 0 amide bonds. The molecule has 0 spiro atoms. The summed E-state index contributed by atoms with van der Waals surface area (Å²) in [4.78, 5) is 15.7. The predicted octanol–water partition coefficient (Wildman–Crippen LogP) is 6.42.